The van der Waals surface area contributed by atoms with Crippen molar-refractivity contribution in [3.63, 3.8) is 0 Å². The molecule has 3 heteroatoms. The summed E-state index contributed by atoms with van der Waals surface area (Å²) in [4.78, 5) is 0. The van der Waals surface area contributed by atoms with E-state index in [2.05, 4.69) is 13.8 Å². The highest BCUT2D eigenvalue weighted by Gasteiger charge is 2.36. The van der Waals surface area contributed by atoms with E-state index < -0.39 is 17.2 Å². The van der Waals surface area contributed by atoms with Gasteiger partial charge in [0.15, 0.2) is 0 Å². The molecule has 1 aliphatic rings. The summed E-state index contributed by atoms with van der Waals surface area (Å²) < 4.78 is 26.4. The highest BCUT2D eigenvalue weighted by Crippen LogP contribution is 2.41. The van der Waals surface area contributed by atoms with Gasteiger partial charge < -0.3 is 5.11 Å². The molecule has 2 rings (SSSR count). The van der Waals surface area contributed by atoms with Gasteiger partial charge in [-0.3, -0.25) is 0 Å². The molecule has 1 saturated carbocycles. The van der Waals surface area contributed by atoms with Gasteiger partial charge in [-0.25, -0.2) is 8.78 Å². The summed E-state index contributed by atoms with van der Waals surface area (Å²) in [7, 11) is 0. The lowest BCUT2D eigenvalue weighted by Gasteiger charge is -2.38. The fraction of sp³-hybridized carbons (Fsp3) is 0.600. The summed E-state index contributed by atoms with van der Waals surface area (Å²) >= 11 is 0. The molecule has 0 amide bonds. The minimum atomic E-state index is -1.06. The van der Waals surface area contributed by atoms with E-state index in [1.807, 2.05) is 0 Å². The van der Waals surface area contributed by atoms with Gasteiger partial charge in [0.25, 0.3) is 0 Å². The summed E-state index contributed by atoms with van der Waals surface area (Å²) in [6.07, 6.45) is 2.98. The Balaban J connectivity index is 2.18. The Bertz CT molecular complexity index is 400. The third kappa shape index (κ3) is 2.72. The maximum Gasteiger partial charge on any atom is 0.126 e. The van der Waals surface area contributed by atoms with Crippen molar-refractivity contribution in [3.05, 3.63) is 35.4 Å². The molecule has 0 spiro atoms. The van der Waals surface area contributed by atoms with Gasteiger partial charge in [-0.15, -0.1) is 0 Å². The second-order valence-electron chi connectivity index (χ2n) is 5.77. The highest BCUT2D eigenvalue weighted by atomic mass is 19.1. The number of aliphatic hydroxyl groups is 1. The molecule has 0 heterocycles. The second kappa shape index (κ2) is 4.96. The van der Waals surface area contributed by atoms with Gasteiger partial charge in [0, 0.05) is 6.07 Å². The lowest BCUT2D eigenvalue weighted by atomic mass is 9.72. The van der Waals surface area contributed by atoms with Crippen LogP contribution in [0.3, 0.4) is 0 Å². The first kappa shape index (κ1) is 13.5. The van der Waals surface area contributed by atoms with Gasteiger partial charge in [-0.2, -0.15) is 0 Å². The molecule has 1 aliphatic carbocycles. The molecule has 0 unspecified atom stereocenters. The van der Waals surface area contributed by atoms with E-state index in [0.717, 1.165) is 18.9 Å². The van der Waals surface area contributed by atoms with Crippen molar-refractivity contribution in [1.29, 1.82) is 0 Å². The number of halogens is 2. The van der Waals surface area contributed by atoms with Crippen LogP contribution in [0.5, 0.6) is 0 Å². The third-order valence-corrected chi connectivity index (χ3v) is 4.20. The Kier molecular flexibility index (Phi) is 3.71. The Morgan fingerprint density at radius 3 is 2.06 bits per heavy atom. The molecule has 18 heavy (non-hydrogen) atoms. The van der Waals surface area contributed by atoms with Gasteiger partial charge in [0.2, 0.25) is 0 Å². The van der Waals surface area contributed by atoms with Crippen LogP contribution in [0.2, 0.25) is 0 Å². The fourth-order valence-corrected chi connectivity index (χ4v) is 2.90. The fourth-order valence-electron chi connectivity index (χ4n) is 2.90. The van der Waals surface area contributed by atoms with E-state index >= 15 is 0 Å². The molecule has 1 fully saturated rings. The average molecular weight is 254 g/mol. The lowest BCUT2D eigenvalue weighted by molar-refractivity contribution is -0.0204. The standard InChI is InChI=1S/C15H20F2O/c1-10(2)11-3-5-15(18,6-4-11)12-7-13(16)9-14(17)8-12/h7-11,18H,3-6H2,1-2H3. The van der Waals surface area contributed by atoms with Crippen molar-refractivity contribution in [2.45, 2.75) is 45.1 Å². The number of hydrogen-bond acceptors (Lipinski definition) is 1. The first-order chi connectivity index (χ1) is 8.40. The van der Waals surface area contributed by atoms with Crippen molar-refractivity contribution in [2.24, 2.45) is 11.8 Å². The predicted molar refractivity (Wildman–Crippen MR) is 67.1 cm³/mol. The van der Waals surface area contributed by atoms with Gasteiger partial charge >= 0.3 is 0 Å². The minimum Gasteiger partial charge on any atom is -0.385 e. The number of rotatable bonds is 2. The first-order valence-corrected chi connectivity index (χ1v) is 6.60. The van der Waals surface area contributed by atoms with Gasteiger partial charge in [-0.05, 0) is 55.2 Å². The summed E-state index contributed by atoms with van der Waals surface area (Å²) in [5, 5.41) is 10.6. The highest BCUT2D eigenvalue weighted by molar-refractivity contribution is 5.25. The predicted octanol–water partition coefficient (Wildman–Crippen LogP) is 4.00. The summed E-state index contributed by atoms with van der Waals surface area (Å²) in [6.45, 7) is 4.35. The third-order valence-electron chi connectivity index (χ3n) is 4.20. The number of benzene rings is 1. The Hall–Kier alpha value is -0.960. The van der Waals surface area contributed by atoms with Crippen LogP contribution in [0.25, 0.3) is 0 Å². The van der Waals surface area contributed by atoms with Gasteiger partial charge in [-0.1, -0.05) is 13.8 Å². The zero-order valence-corrected chi connectivity index (χ0v) is 10.9. The summed E-state index contributed by atoms with van der Waals surface area (Å²) in [5.41, 5.74) is -0.684. The lowest BCUT2D eigenvalue weighted by Crippen LogP contribution is -2.33. The Morgan fingerprint density at radius 1 is 1.11 bits per heavy atom. The van der Waals surface area contributed by atoms with E-state index in [4.69, 9.17) is 0 Å². The molecular weight excluding hydrogens is 234 g/mol. The molecule has 0 aliphatic heterocycles. The van der Waals surface area contributed by atoms with Crippen molar-refractivity contribution in [2.75, 3.05) is 0 Å². The van der Waals surface area contributed by atoms with Crippen LogP contribution in [0.4, 0.5) is 8.78 Å². The summed E-state index contributed by atoms with van der Waals surface area (Å²) in [5.74, 6) is -0.0451. The maximum absolute atomic E-state index is 13.2. The van der Waals surface area contributed by atoms with Crippen molar-refractivity contribution in [3.8, 4) is 0 Å². The Labute approximate surface area is 107 Å². The average Bonchev–Trinajstić information content (AvgIpc) is 2.28. The molecule has 1 aromatic rings. The van der Waals surface area contributed by atoms with Crippen molar-refractivity contribution >= 4 is 0 Å². The van der Waals surface area contributed by atoms with Crippen molar-refractivity contribution in [1.82, 2.24) is 0 Å². The molecule has 0 bridgehead atoms. The molecule has 0 atom stereocenters. The van der Waals surface area contributed by atoms with E-state index in [1.165, 1.54) is 12.1 Å². The quantitative estimate of drug-likeness (QED) is 0.845. The smallest absolute Gasteiger partial charge is 0.126 e. The van der Waals surface area contributed by atoms with Crippen LogP contribution in [-0.2, 0) is 5.60 Å². The first-order valence-electron chi connectivity index (χ1n) is 6.60. The second-order valence-corrected chi connectivity index (χ2v) is 5.77. The zero-order valence-electron chi connectivity index (χ0n) is 10.9. The molecule has 0 radical (unpaired) electrons. The molecule has 0 saturated heterocycles. The van der Waals surface area contributed by atoms with E-state index in [0.29, 0.717) is 30.2 Å². The largest absolute Gasteiger partial charge is 0.385 e. The minimum absolute atomic E-state index is 0.377. The Morgan fingerprint density at radius 2 is 1.61 bits per heavy atom. The van der Waals surface area contributed by atoms with E-state index in [1.54, 1.807) is 0 Å². The molecule has 1 N–H and O–H groups in total. The molecule has 0 aromatic heterocycles. The van der Waals surface area contributed by atoms with Crippen LogP contribution in [0.1, 0.15) is 45.1 Å². The normalized spacial score (nSPS) is 28.7. The summed E-state index contributed by atoms with van der Waals surface area (Å²) in [6, 6.07) is 3.34. The monoisotopic (exact) mass is 254 g/mol. The van der Waals surface area contributed by atoms with E-state index in [-0.39, 0.29) is 0 Å². The molecule has 1 nitrogen and oxygen atoms in total. The zero-order chi connectivity index (χ0) is 13.3. The van der Waals surface area contributed by atoms with Crippen molar-refractivity contribution < 1.29 is 13.9 Å². The van der Waals surface area contributed by atoms with Gasteiger partial charge in [0.1, 0.15) is 11.6 Å². The molecule has 100 valence electrons. The van der Waals surface area contributed by atoms with Crippen LogP contribution < -0.4 is 0 Å². The maximum atomic E-state index is 13.2. The topological polar surface area (TPSA) is 20.2 Å². The van der Waals surface area contributed by atoms with Gasteiger partial charge in [0.05, 0.1) is 5.60 Å². The van der Waals surface area contributed by atoms with Crippen LogP contribution in [-0.4, -0.2) is 5.11 Å². The van der Waals surface area contributed by atoms with Crippen LogP contribution in [0.15, 0.2) is 18.2 Å². The van der Waals surface area contributed by atoms with E-state index in [9.17, 15) is 13.9 Å². The SMILES string of the molecule is CC(C)C1CCC(O)(c2cc(F)cc(F)c2)CC1. The van der Waals surface area contributed by atoms with Crippen LogP contribution in [0, 0.1) is 23.5 Å². The van der Waals surface area contributed by atoms with Crippen LogP contribution >= 0.6 is 0 Å². The number of hydrogen-bond donors (Lipinski definition) is 1. The molecular formula is C15H20F2O. The molecule has 1 aromatic carbocycles.